The first kappa shape index (κ1) is 21.8. The van der Waals surface area contributed by atoms with E-state index in [4.69, 9.17) is 9.47 Å². The van der Waals surface area contributed by atoms with Gasteiger partial charge in [0, 0.05) is 56.6 Å². The van der Waals surface area contributed by atoms with Gasteiger partial charge in [-0.1, -0.05) is 30.3 Å². The zero-order valence-electron chi connectivity index (χ0n) is 18.8. The van der Waals surface area contributed by atoms with Crippen molar-refractivity contribution in [2.24, 2.45) is 0 Å². The van der Waals surface area contributed by atoms with Gasteiger partial charge >= 0.3 is 0 Å². The Kier molecular flexibility index (Phi) is 7.25. The molecule has 4 rings (SSSR count). The van der Waals surface area contributed by atoms with Crippen LogP contribution in [0.5, 0.6) is 5.75 Å². The van der Waals surface area contributed by atoms with Crippen molar-refractivity contribution in [1.29, 1.82) is 0 Å². The number of carbonyl (C=O) groups is 1. The summed E-state index contributed by atoms with van der Waals surface area (Å²) >= 11 is 0. The summed E-state index contributed by atoms with van der Waals surface area (Å²) in [7, 11) is 1.66. The van der Waals surface area contributed by atoms with Gasteiger partial charge in [-0.15, -0.1) is 0 Å². The van der Waals surface area contributed by atoms with Gasteiger partial charge in [-0.05, 0) is 55.9 Å². The number of carbonyl (C=O) groups excluding carboxylic acids is 1. The van der Waals surface area contributed by atoms with Crippen molar-refractivity contribution in [2.75, 3.05) is 40.0 Å². The van der Waals surface area contributed by atoms with Crippen molar-refractivity contribution in [3.05, 3.63) is 64.7 Å². The number of ether oxygens (including phenoxy) is 2. The molecule has 0 aromatic heterocycles. The predicted molar refractivity (Wildman–Crippen MR) is 123 cm³/mol. The third-order valence-electron chi connectivity index (χ3n) is 6.71. The number of hydrogen-bond acceptors (Lipinski definition) is 4. The summed E-state index contributed by atoms with van der Waals surface area (Å²) in [5.74, 6) is 0.886. The molecule has 2 aromatic rings. The van der Waals surface area contributed by atoms with Crippen LogP contribution in [-0.4, -0.2) is 61.7 Å². The Morgan fingerprint density at radius 2 is 1.90 bits per heavy atom. The number of rotatable bonds is 7. The molecule has 0 unspecified atom stereocenters. The molecule has 5 nitrogen and oxygen atoms in total. The molecule has 0 aliphatic carbocycles. The second-order valence-corrected chi connectivity index (χ2v) is 8.62. The standard InChI is InChI=1S/C26H34N2O3/c1-20-24(9-5-10-25(20)30-2)26(29)28(23-12-17-31-18-13-23)15-6-14-27-16-11-21-7-3-4-8-22(21)19-27/h3-5,7-10,23H,6,11-19H2,1-2H3. The summed E-state index contributed by atoms with van der Waals surface area (Å²) in [4.78, 5) is 18.2. The second-order valence-electron chi connectivity index (χ2n) is 8.62. The van der Waals surface area contributed by atoms with Crippen molar-refractivity contribution in [3.63, 3.8) is 0 Å². The van der Waals surface area contributed by atoms with E-state index in [9.17, 15) is 4.79 Å². The number of amides is 1. The lowest BCUT2D eigenvalue weighted by atomic mass is 9.99. The van der Waals surface area contributed by atoms with Gasteiger partial charge in [-0.25, -0.2) is 0 Å². The van der Waals surface area contributed by atoms with Gasteiger partial charge < -0.3 is 14.4 Å². The van der Waals surface area contributed by atoms with Gasteiger partial charge in [-0.3, -0.25) is 9.69 Å². The molecule has 0 bridgehead atoms. The number of nitrogens with zero attached hydrogens (tertiary/aromatic N) is 2. The van der Waals surface area contributed by atoms with Gasteiger partial charge in [-0.2, -0.15) is 0 Å². The highest BCUT2D eigenvalue weighted by Gasteiger charge is 2.28. The molecule has 2 aliphatic heterocycles. The Balaban J connectivity index is 1.43. The van der Waals surface area contributed by atoms with Gasteiger partial charge in [0.05, 0.1) is 7.11 Å². The van der Waals surface area contributed by atoms with Crippen molar-refractivity contribution in [1.82, 2.24) is 9.80 Å². The summed E-state index contributed by atoms with van der Waals surface area (Å²) in [5, 5.41) is 0. The maximum absolute atomic E-state index is 13.6. The average molecular weight is 423 g/mol. The SMILES string of the molecule is COc1cccc(C(=O)N(CCCN2CCc3ccccc3C2)C2CCOCC2)c1C. The third kappa shape index (κ3) is 5.10. The minimum atomic E-state index is 0.118. The van der Waals surface area contributed by atoms with Crippen molar-refractivity contribution >= 4 is 5.91 Å². The number of benzene rings is 2. The molecular formula is C26H34N2O3. The van der Waals surface area contributed by atoms with Crippen LogP contribution in [0.1, 0.15) is 46.3 Å². The molecule has 2 aliphatic rings. The normalized spacial score (nSPS) is 17.2. The molecule has 2 aromatic carbocycles. The highest BCUT2D eigenvalue weighted by atomic mass is 16.5. The lowest BCUT2D eigenvalue weighted by Crippen LogP contribution is -2.45. The molecule has 0 N–H and O–H groups in total. The van der Waals surface area contributed by atoms with E-state index in [1.165, 1.54) is 11.1 Å². The fourth-order valence-corrected chi connectivity index (χ4v) is 4.88. The molecule has 31 heavy (non-hydrogen) atoms. The molecule has 5 heteroatoms. The van der Waals surface area contributed by atoms with Crippen LogP contribution in [0.3, 0.4) is 0 Å². The van der Waals surface area contributed by atoms with Crippen LogP contribution < -0.4 is 4.74 Å². The van der Waals surface area contributed by atoms with Crippen LogP contribution in [0.25, 0.3) is 0 Å². The quantitative estimate of drug-likeness (QED) is 0.675. The molecular weight excluding hydrogens is 388 g/mol. The highest BCUT2D eigenvalue weighted by Crippen LogP contribution is 2.25. The zero-order chi connectivity index (χ0) is 21.6. The maximum Gasteiger partial charge on any atom is 0.254 e. The lowest BCUT2D eigenvalue weighted by molar-refractivity contribution is 0.0278. The Hall–Kier alpha value is -2.37. The molecule has 1 fully saturated rings. The fourth-order valence-electron chi connectivity index (χ4n) is 4.88. The van der Waals surface area contributed by atoms with Gasteiger partial charge in [0.25, 0.3) is 5.91 Å². The van der Waals surface area contributed by atoms with E-state index in [2.05, 4.69) is 34.1 Å². The molecule has 1 amide bonds. The summed E-state index contributed by atoms with van der Waals surface area (Å²) in [5.41, 5.74) is 4.59. The summed E-state index contributed by atoms with van der Waals surface area (Å²) in [6.07, 6.45) is 3.91. The van der Waals surface area contributed by atoms with E-state index in [1.54, 1.807) is 7.11 Å². The van der Waals surface area contributed by atoms with Crippen molar-refractivity contribution < 1.29 is 14.3 Å². The van der Waals surface area contributed by atoms with E-state index in [-0.39, 0.29) is 11.9 Å². The molecule has 166 valence electrons. The van der Waals surface area contributed by atoms with Gasteiger partial charge in [0.15, 0.2) is 0 Å². The smallest absolute Gasteiger partial charge is 0.254 e. The number of fused-ring (bicyclic) bond motifs is 1. The molecule has 2 heterocycles. The van der Waals surface area contributed by atoms with Crippen LogP contribution in [0.4, 0.5) is 0 Å². The van der Waals surface area contributed by atoms with Crippen molar-refractivity contribution in [2.45, 2.75) is 45.2 Å². The van der Waals surface area contributed by atoms with E-state index < -0.39 is 0 Å². The first-order valence-corrected chi connectivity index (χ1v) is 11.5. The van der Waals surface area contributed by atoms with Crippen LogP contribution in [-0.2, 0) is 17.7 Å². The molecule has 0 saturated carbocycles. The first-order chi connectivity index (χ1) is 15.2. The minimum absolute atomic E-state index is 0.118. The number of methoxy groups -OCH3 is 1. The first-order valence-electron chi connectivity index (χ1n) is 11.5. The molecule has 1 saturated heterocycles. The van der Waals surface area contributed by atoms with Crippen LogP contribution >= 0.6 is 0 Å². The lowest BCUT2D eigenvalue weighted by Gasteiger charge is -2.36. The van der Waals surface area contributed by atoms with Crippen LogP contribution in [0.15, 0.2) is 42.5 Å². The molecule has 0 spiro atoms. The molecule has 0 atom stereocenters. The predicted octanol–water partition coefficient (Wildman–Crippen LogP) is 4.07. The Morgan fingerprint density at radius 1 is 1.13 bits per heavy atom. The third-order valence-corrected chi connectivity index (χ3v) is 6.71. The van der Waals surface area contributed by atoms with Gasteiger partial charge in [0.1, 0.15) is 5.75 Å². The zero-order valence-corrected chi connectivity index (χ0v) is 18.8. The fraction of sp³-hybridized carbons (Fsp3) is 0.500. The minimum Gasteiger partial charge on any atom is -0.496 e. The average Bonchev–Trinajstić information content (AvgIpc) is 2.82. The van der Waals surface area contributed by atoms with Crippen LogP contribution in [0.2, 0.25) is 0 Å². The number of hydrogen-bond donors (Lipinski definition) is 0. The monoisotopic (exact) mass is 422 g/mol. The highest BCUT2D eigenvalue weighted by molar-refractivity contribution is 5.96. The van der Waals surface area contributed by atoms with Crippen LogP contribution in [0, 0.1) is 6.92 Å². The summed E-state index contributed by atoms with van der Waals surface area (Å²) < 4.78 is 11.0. The molecule has 0 radical (unpaired) electrons. The largest absolute Gasteiger partial charge is 0.496 e. The van der Waals surface area contributed by atoms with Crippen molar-refractivity contribution in [3.8, 4) is 5.75 Å². The Labute approximate surface area is 185 Å². The summed E-state index contributed by atoms with van der Waals surface area (Å²) in [6.45, 7) is 7.33. The Morgan fingerprint density at radius 3 is 2.68 bits per heavy atom. The van der Waals surface area contributed by atoms with E-state index in [0.29, 0.717) is 0 Å². The van der Waals surface area contributed by atoms with Gasteiger partial charge in [0.2, 0.25) is 0 Å². The second kappa shape index (κ2) is 10.3. The maximum atomic E-state index is 13.6. The van der Waals surface area contributed by atoms with E-state index in [1.807, 2.05) is 25.1 Å². The Bertz CT molecular complexity index is 892. The van der Waals surface area contributed by atoms with E-state index in [0.717, 1.165) is 82.0 Å². The topological polar surface area (TPSA) is 42.0 Å². The summed E-state index contributed by atoms with van der Waals surface area (Å²) in [6, 6.07) is 14.7. The van der Waals surface area contributed by atoms with E-state index >= 15 is 0 Å².